The van der Waals surface area contributed by atoms with Crippen molar-refractivity contribution in [3.05, 3.63) is 47.9 Å². The van der Waals surface area contributed by atoms with Gasteiger partial charge in [-0.1, -0.05) is 30.3 Å². The van der Waals surface area contributed by atoms with E-state index in [0.717, 1.165) is 16.9 Å². The molecule has 0 radical (unpaired) electrons. The molecule has 0 saturated carbocycles. The normalized spacial score (nSPS) is 18.0. The van der Waals surface area contributed by atoms with Gasteiger partial charge in [-0.25, -0.2) is 14.5 Å². The fraction of sp³-hybridized carbons (Fsp3) is 0.474. The number of rotatable bonds is 5. The zero-order chi connectivity index (χ0) is 19.3. The summed E-state index contributed by atoms with van der Waals surface area (Å²) in [7, 11) is 1.24. The molecule has 1 aliphatic rings. The number of methoxy groups -OCH3 is 1. The number of ether oxygens (including phenoxy) is 3. The van der Waals surface area contributed by atoms with E-state index in [0.29, 0.717) is 6.42 Å². The smallest absolute Gasteiger partial charge is 0.418 e. The first-order valence-corrected chi connectivity index (χ1v) is 8.48. The van der Waals surface area contributed by atoms with Gasteiger partial charge in [0.15, 0.2) is 11.9 Å². The molecule has 2 atom stereocenters. The van der Waals surface area contributed by atoms with Crippen molar-refractivity contribution in [2.75, 3.05) is 7.11 Å². The number of aryl methyl sites for hydroxylation is 1. The van der Waals surface area contributed by atoms with Gasteiger partial charge in [0.05, 0.1) is 13.2 Å². The summed E-state index contributed by atoms with van der Waals surface area (Å²) in [4.78, 5) is 25.7. The average Bonchev–Trinajstić information content (AvgIpc) is 3.03. The van der Waals surface area contributed by atoms with E-state index in [1.54, 1.807) is 20.8 Å². The van der Waals surface area contributed by atoms with E-state index >= 15 is 0 Å². The van der Waals surface area contributed by atoms with Crippen LogP contribution < -0.4 is 5.73 Å². The van der Waals surface area contributed by atoms with E-state index in [4.69, 9.17) is 19.9 Å². The predicted octanol–water partition coefficient (Wildman–Crippen LogP) is 2.55. The van der Waals surface area contributed by atoms with Gasteiger partial charge in [0.2, 0.25) is 0 Å². The average molecular weight is 362 g/mol. The van der Waals surface area contributed by atoms with Crippen LogP contribution in [0.4, 0.5) is 4.79 Å². The molecule has 0 spiro atoms. The van der Waals surface area contributed by atoms with Gasteiger partial charge in [0, 0.05) is 0 Å². The Morgan fingerprint density at radius 2 is 1.92 bits per heavy atom. The van der Waals surface area contributed by atoms with Crippen molar-refractivity contribution in [1.29, 1.82) is 0 Å². The third-order valence-electron chi connectivity index (χ3n) is 3.79. The maximum absolute atomic E-state index is 12.6. The highest BCUT2D eigenvalue weighted by molar-refractivity contribution is 5.92. The number of hydrogen-bond donors (Lipinski definition) is 1. The van der Waals surface area contributed by atoms with Crippen molar-refractivity contribution in [3.8, 4) is 0 Å². The van der Waals surface area contributed by atoms with Crippen molar-refractivity contribution >= 4 is 12.1 Å². The molecule has 0 fully saturated rings. The summed E-state index contributed by atoms with van der Waals surface area (Å²) < 4.78 is 15.6. The van der Waals surface area contributed by atoms with Crippen LogP contribution in [-0.2, 0) is 25.4 Å². The molecule has 26 heavy (non-hydrogen) atoms. The number of esters is 1. The van der Waals surface area contributed by atoms with E-state index in [9.17, 15) is 9.59 Å². The van der Waals surface area contributed by atoms with Gasteiger partial charge in [-0.2, -0.15) is 0 Å². The molecule has 0 aliphatic carbocycles. The van der Waals surface area contributed by atoms with Crippen molar-refractivity contribution < 1.29 is 23.8 Å². The third kappa shape index (κ3) is 4.98. The second-order valence-corrected chi connectivity index (χ2v) is 7.06. The van der Waals surface area contributed by atoms with E-state index in [1.807, 2.05) is 30.3 Å². The van der Waals surface area contributed by atoms with Crippen molar-refractivity contribution in [3.63, 3.8) is 0 Å². The molecule has 1 aliphatic heterocycles. The van der Waals surface area contributed by atoms with Crippen molar-refractivity contribution in [2.45, 2.75) is 51.5 Å². The second kappa shape index (κ2) is 8.23. The predicted molar refractivity (Wildman–Crippen MR) is 95.8 cm³/mol. The number of benzene rings is 1. The van der Waals surface area contributed by atoms with Crippen LogP contribution in [0, 0.1) is 0 Å². The highest BCUT2D eigenvalue weighted by Crippen LogP contribution is 2.26. The van der Waals surface area contributed by atoms with Gasteiger partial charge in [-0.3, -0.25) is 0 Å². The maximum atomic E-state index is 12.6. The lowest BCUT2D eigenvalue weighted by atomic mass is 10.0. The molecule has 7 heteroatoms. The Balaban J connectivity index is 2.12. The van der Waals surface area contributed by atoms with Crippen molar-refractivity contribution in [1.82, 2.24) is 4.90 Å². The fourth-order valence-corrected chi connectivity index (χ4v) is 2.57. The Bertz CT molecular complexity index is 666. The molecule has 1 unspecified atom stereocenters. The van der Waals surface area contributed by atoms with E-state index in [-0.39, 0.29) is 5.70 Å². The Morgan fingerprint density at radius 1 is 1.27 bits per heavy atom. The quantitative estimate of drug-likeness (QED) is 0.810. The largest absolute Gasteiger partial charge is 0.473 e. The summed E-state index contributed by atoms with van der Waals surface area (Å²) in [5.41, 5.74) is 6.64. The Kier molecular flexibility index (Phi) is 6.26. The number of hydrogen-bond acceptors (Lipinski definition) is 6. The van der Waals surface area contributed by atoms with Gasteiger partial charge in [-0.15, -0.1) is 0 Å². The summed E-state index contributed by atoms with van der Waals surface area (Å²) in [5, 5.41) is 0. The molecule has 0 aromatic heterocycles. The van der Waals surface area contributed by atoms with E-state index < -0.39 is 29.9 Å². The van der Waals surface area contributed by atoms with Gasteiger partial charge in [0.25, 0.3) is 0 Å². The molecule has 142 valence electrons. The Labute approximate surface area is 153 Å². The fourth-order valence-electron chi connectivity index (χ4n) is 2.57. The first kappa shape index (κ1) is 19.8. The van der Waals surface area contributed by atoms with Crippen LogP contribution >= 0.6 is 0 Å². The molecule has 1 amide bonds. The first-order valence-electron chi connectivity index (χ1n) is 8.48. The topological polar surface area (TPSA) is 91.1 Å². The molecule has 0 bridgehead atoms. The number of amides is 1. The van der Waals surface area contributed by atoms with Gasteiger partial charge >= 0.3 is 12.1 Å². The number of nitrogens with zero attached hydrogens (tertiary/aromatic N) is 1. The maximum Gasteiger partial charge on any atom is 0.418 e. The molecule has 7 nitrogen and oxygen atoms in total. The molecule has 1 aromatic carbocycles. The summed E-state index contributed by atoms with van der Waals surface area (Å²) in [6, 6.07) is 9.35. The molecule has 2 rings (SSSR count). The van der Waals surface area contributed by atoms with Crippen LogP contribution in [-0.4, -0.2) is 41.9 Å². The SMILES string of the molecule is COC(=O)C1=COC([C@H](N)CCc2ccccc2)N1C(=O)OC(C)(C)C. The monoisotopic (exact) mass is 362 g/mol. The number of carbonyl (C=O) groups excluding carboxylic acids is 2. The van der Waals surface area contributed by atoms with Crippen LogP contribution in [0.5, 0.6) is 0 Å². The lowest BCUT2D eigenvalue weighted by Crippen LogP contribution is -2.50. The summed E-state index contributed by atoms with van der Waals surface area (Å²) >= 11 is 0. The van der Waals surface area contributed by atoms with E-state index in [1.165, 1.54) is 13.4 Å². The van der Waals surface area contributed by atoms with Crippen molar-refractivity contribution in [2.24, 2.45) is 5.73 Å². The highest BCUT2D eigenvalue weighted by atomic mass is 16.6. The lowest BCUT2D eigenvalue weighted by molar-refractivity contribution is -0.138. The number of carbonyl (C=O) groups is 2. The number of nitrogens with two attached hydrogens (primary N) is 1. The lowest BCUT2D eigenvalue weighted by Gasteiger charge is -2.31. The second-order valence-electron chi connectivity index (χ2n) is 7.06. The molecule has 1 aromatic rings. The van der Waals surface area contributed by atoms with Crippen LogP contribution in [0.2, 0.25) is 0 Å². The molecule has 0 saturated heterocycles. The highest BCUT2D eigenvalue weighted by Gasteiger charge is 2.42. The van der Waals surface area contributed by atoms with Gasteiger partial charge in [-0.05, 0) is 39.2 Å². The third-order valence-corrected chi connectivity index (χ3v) is 3.79. The Morgan fingerprint density at radius 3 is 2.50 bits per heavy atom. The summed E-state index contributed by atoms with van der Waals surface area (Å²) in [5.74, 6) is -0.686. The summed E-state index contributed by atoms with van der Waals surface area (Å²) in [6.45, 7) is 5.23. The van der Waals surface area contributed by atoms with Crippen LogP contribution in [0.25, 0.3) is 0 Å². The van der Waals surface area contributed by atoms with E-state index in [2.05, 4.69) is 0 Å². The zero-order valence-electron chi connectivity index (χ0n) is 15.6. The molecular weight excluding hydrogens is 336 g/mol. The minimum absolute atomic E-state index is 0.0260. The minimum Gasteiger partial charge on any atom is -0.473 e. The summed E-state index contributed by atoms with van der Waals surface area (Å²) in [6.07, 6.45) is 0.950. The molecule has 2 N–H and O–H groups in total. The Hall–Kier alpha value is -2.54. The minimum atomic E-state index is -0.831. The van der Waals surface area contributed by atoms with Gasteiger partial charge < -0.3 is 19.9 Å². The van der Waals surface area contributed by atoms with Gasteiger partial charge in [0.1, 0.15) is 11.9 Å². The zero-order valence-corrected chi connectivity index (χ0v) is 15.6. The molecule has 1 heterocycles. The standard InChI is InChI=1S/C19H26N2O5/c1-19(2,3)26-18(23)21-15(17(22)24-4)12-25-16(21)14(20)11-10-13-8-6-5-7-9-13/h5-9,12,14,16H,10-11,20H2,1-4H3/t14-,16?/m1/s1. The first-order chi connectivity index (χ1) is 12.2. The van der Waals surface area contributed by atoms with Crippen LogP contribution in [0.1, 0.15) is 32.8 Å². The van der Waals surface area contributed by atoms with Crippen LogP contribution in [0.3, 0.4) is 0 Å². The molecular formula is C19H26N2O5. The van der Waals surface area contributed by atoms with Crippen LogP contribution in [0.15, 0.2) is 42.3 Å².